The lowest BCUT2D eigenvalue weighted by atomic mass is 10.2. The van der Waals surface area contributed by atoms with Crippen LogP contribution in [0.1, 0.15) is 12.6 Å². The normalized spacial score (nSPS) is 11.0. The molecule has 0 aliphatic rings. The standard InChI is InChI=1S/C17H16F2N8O2/c1-17(18,19)11-8-9(6-7-21-11)22-15-26-13(25-14(20)27-15)10-4-3-5-12(23-10)24-16(28)29-2/h3-8H,1-2H3,(H,23,24,28)(H3,20,21,22,25,26,27). The van der Waals surface area contributed by atoms with Gasteiger partial charge in [0.25, 0.3) is 5.92 Å². The molecule has 0 unspecified atom stereocenters. The minimum Gasteiger partial charge on any atom is -0.453 e. The second-order valence-electron chi connectivity index (χ2n) is 5.81. The number of pyridine rings is 2. The van der Waals surface area contributed by atoms with Crippen LogP contribution in [0.5, 0.6) is 0 Å². The average molecular weight is 402 g/mol. The Hall–Kier alpha value is -3.96. The second kappa shape index (κ2) is 7.96. The zero-order chi connectivity index (χ0) is 21.0. The Morgan fingerprint density at radius 1 is 1.17 bits per heavy atom. The second-order valence-corrected chi connectivity index (χ2v) is 5.81. The maximum Gasteiger partial charge on any atom is 0.412 e. The van der Waals surface area contributed by atoms with E-state index in [-0.39, 0.29) is 23.5 Å². The largest absolute Gasteiger partial charge is 0.453 e. The number of nitrogen functional groups attached to an aromatic ring is 1. The highest BCUT2D eigenvalue weighted by Crippen LogP contribution is 2.27. The lowest BCUT2D eigenvalue weighted by Gasteiger charge is -2.12. The molecule has 0 bridgehead atoms. The molecule has 29 heavy (non-hydrogen) atoms. The van der Waals surface area contributed by atoms with E-state index in [4.69, 9.17) is 5.73 Å². The van der Waals surface area contributed by atoms with Crippen LogP contribution in [0.15, 0.2) is 36.5 Å². The summed E-state index contributed by atoms with van der Waals surface area (Å²) in [4.78, 5) is 31.4. The molecule has 0 aliphatic carbocycles. The predicted molar refractivity (Wildman–Crippen MR) is 101 cm³/mol. The Kier molecular flexibility index (Phi) is 5.43. The molecule has 0 spiro atoms. The van der Waals surface area contributed by atoms with Gasteiger partial charge in [-0.1, -0.05) is 6.07 Å². The summed E-state index contributed by atoms with van der Waals surface area (Å²) >= 11 is 0. The number of amides is 1. The molecule has 1 amide bonds. The van der Waals surface area contributed by atoms with E-state index in [1.807, 2.05) is 0 Å². The fourth-order valence-corrected chi connectivity index (χ4v) is 2.22. The van der Waals surface area contributed by atoms with Crippen LogP contribution in [0, 0.1) is 0 Å². The van der Waals surface area contributed by atoms with Crippen LogP contribution in [-0.4, -0.2) is 38.1 Å². The minimum atomic E-state index is -3.10. The van der Waals surface area contributed by atoms with E-state index >= 15 is 0 Å². The highest BCUT2D eigenvalue weighted by atomic mass is 19.3. The Morgan fingerprint density at radius 2 is 1.97 bits per heavy atom. The van der Waals surface area contributed by atoms with E-state index in [0.717, 1.165) is 6.92 Å². The van der Waals surface area contributed by atoms with Crippen molar-refractivity contribution in [3.05, 3.63) is 42.2 Å². The summed E-state index contributed by atoms with van der Waals surface area (Å²) in [6.07, 6.45) is 0.553. The van der Waals surface area contributed by atoms with Gasteiger partial charge in [0.1, 0.15) is 17.2 Å². The first-order valence-electron chi connectivity index (χ1n) is 8.20. The van der Waals surface area contributed by atoms with Crippen LogP contribution in [0.4, 0.5) is 37.0 Å². The topological polar surface area (TPSA) is 141 Å². The van der Waals surface area contributed by atoms with E-state index in [2.05, 4.69) is 40.3 Å². The first kappa shape index (κ1) is 19.8. The fraction of sp³-hybridized carbons (Fsp3) is 0.176. The van der Waals surface area contributed by atoms with E-state index in [0.29, 0.717) is 11.4 Å². The summed E-state index contributed by atoms with van der Waals surface area (Å²) in [6.45, 7) is 0.749. The van der Waals surface area contributed by atoms with Crippen LogP contribution in [-0.2, 0) is 10.7 Å². The third-order valence-electron chi connectivity index (χ3n) is 3.51. The van der Waals surface area contributed by atoms with Gasteiger partial charge in [-0.3, -0.25) is 10.3 Å². The summed E-state index contributed by atoms with van der Waals surface area (Å²) in [7, 11) is 1.22. The summed E-state index contributed by atoms with van der Waals surface area (Å²) in [5, 5.41) is 5.21. The molecule has 0 aliphatic heterocycles. The SMILES string of the molecule is COC(=O)Nc1cccc(-c2nc(N)nc(Nc3ccnc(C(C)(F)F)c3)n2)n1. The van der Waals surface area contributed by atoms with Gasteiger partial charge in [0.15, 0.2) is 5.82 Å². The number of nitrogens with two attached hydrogens (primary N) is 1. The molecule has 0 saturated heterocycles. The van der Waals surface area contributed by atoms with E-state index in [1.165, 1.54) is 25.4 Å². The number of anilines is 4. The molecule has 12 heteroatoms. The first-order valence-corrected chi connectivity index (χ1v) is 8.20. The van der Waals surface area contributed by atoms with Gasteiger partial charge in [0.2, 0.25) is 11.9 Å². The molecule has 0 atom stereocenters. The summed E-state index contributed by atoms with van der Waals surface area (Å²) < 4.78 is 31.5. The van der Waals surface area contributed by atoms with Crippen LogP contribution >= 0.6 is 0 Å². The highest BCUT2D eigenvalue weighted by molar-refractivity contribution is 5.83. The molecule has 10 nitrogen and oxygen atoms in total. The fourth-order valence-electron chi connectivity index (χ4n) is 2.22. The van der Waals surface area contributed by atoms with Crippen molar-refractivity contribution in [2.45, 2.75) is 12.8 Å². The van der Waals surface area contributed by atoms with Gasteiger partial charge in [-0.05, 0) is 24.3 Å². The van der Waals surface area contributed by atoms with Crippen molar-refractivity contribution in [2.24, 2.45) is 0 Å². The number of hydrogen-bond acceptors (Lipinski definition) is 9. The van der Waals surface area contributed by atoms with Gasteiger partial charge in [-0.2, -0.15) is 23.7 Å². The lowest BCUT2D eigenvalue weighted by molar-refractivity contribution is 0.0128. The number of methoxy groups -OCH3 is 1. The lowest BCUT2D eigenvalue weighted by Crippen LogP contribution is -2.12. The van der Waals surface area contributed by atoms with Gasteiger partial charge in [-0.25, -0.2) is 9.78 Å². The van der Waals surface area contributed by atoms with E-state index in [9.17, 15) is 13.6 Å². The third kappa shape index (κ3) is 5.06. The van der Waals surface area contributed by atoms with Crippen molar-refractivity contribution in [3.63, 3.8) is 0 Å². The molecule has 0 radical (unpaired) electrons. The smallest absolute Gasteiger partial charge is 0.412 e. The zero-order valence-electron chi connectivity index (χ0n) is 15.3. The molecular formula is C17H16F2N8O2. The van der Waals surface area contributed by atoms with Gasteiger partial charge in [-0.15, -0.1) is 0 Å². The van der Waals surface area contributed by atoms with Gasteiger partial charge in [0, 0.05) is 18.8 Å². The Morgan fingerprint density at radius 3 is 2.69 bits per heavy atom. The van der Waals surface area contributed by atoms with Crippen molar-refractivity contribution >= 4 is 29.5 Å². The van der Waals surface area contributed by atoms with Gasteiger partial charge in [0.05, 0.1) is 7.11 Å². The summed E-state index contributed by atoms with van der Waals surface area (Å²) in [6, 6.07) is 7.43. The molecule has 0 saturated carbocycles. The molecule has 3 aromatic heterocycles. The number of aromatic nitrogens is 5. The number of nitrogens with zero attached hydrogens (tertiary/aromatic N) is 5. The Bertz CT molecular complexity index is 1040. The number of ether oxygens (including phenoxy) is 1. The quantitative estimate of drug-likeness (QED) is 0.587. The molecule has 3 rings (SSSR count). The molecule has 0 aromatic carbocycles. The number of carbonyl (C=O) groups excluding carboxylic acids is 1. The van der Waals surface area contributed by atoms with Crippen molar-refractivity contribution in [1.82, 2.24) is 24.9 Å². The summed E-state index contributed by atoms with van der Waals surface area (Å²) in [5.74, 6) is -2.86. The number of hydrogen-bond donors (Lipinski definition) is 3. The molecule has 3 aromatic rings. The number of rotatable bonds is 5. The van der Waals surface area contributed by atoms with Gasteiger partial charge >= 0.3 is 6.09 Å². The average Bonchev–Trinajstić information content (AvgIpc) is 2.67. The predicted octanol–water partition coefficient (Wildman–Crippen LogP) is 2.94. The van der Waals surface area contributed by atoms with Crippen LogP contribution in [0.2, 0.25) is 0 Å². The number of halogens is 2. The molecule has 4 N–H and O–H groups in total. The molecule has 0 fully saturated rings. The monoisotopic (exact) mass is 402 g/mol. The maximum atomic E-state index is 13.5. The summed E-state index contributed by atoms with van der Waals surface area (Å²) in [5.41, 5.74) is 5.92. The maximum absolute atomic E-state index is 13.5. The van der Waals surface area contributed by atoms with E-state index in [1.54, 1.807) is 18.2 Å². The van der Waals surface area contributed by atoms with Crippen molar-refractivity contribution in [3.8, 4) is 11.5 Å². The molecular weight excluding hydrogens is 386 g/mol. The zero-order valence-corrected chi connectivity index (χ0v) is 15.3. The van der Waals surface area contributed by atoms with Crippen LogP contribution in [0.3, 0.4) is 0 Å². The van der Waals surface area contributed by atoms with Crippen molar-refractivity contribution in [2.75, 3.05) is 23.5 Å². The number of carbonyl (C=O) groups is 1. The number of alkyl halides is 2. The molecule has 3 heterocycles. The Balaban J connectivity index is 1.90. The third-order valence-corrected chi connectivity index (χ3v) is 3.51. The van der Waals surface area contributed by atoms with Gasteiger partial charge < -0.3 is 15.8 Å². The van der Waals surface area contributed by atoms with Crippen molar-refractivity contribution in [1.29, 1.82) is 0 Å². The number of nitrogens with one attached hydrogen (secondary N) is 2. The van der Waals surface area contributed by atoms with E-state index < -0.39 is 17.7 Å². The first-order chi connectivity index (χ1) is 13.7. The van der Waals surface area contributed by atoms with Crippen LogP contribution < -0.4 is 16.4 Å². The Labute approximate surface area is 163 Å². The highest BCUT2D eigenvalue weighted by Gasteiger charge is 2.26. The van der Waals surface area contributed by atoms with Crippen LogP contribution in [0.25, 0.3) is 11.5 Å². The van der Waals surface area contributed by atoms with Crippen molar-refractivity contribution < 1.29 is 18.3 Å². The minimum absolute atomic E-state index is 0.0252. The molecule has 150 valence electrons.